The van der Waals surface area contributed by atoms with Gasteiger partial charge >= 0.3 is 0 Å². The van der Waals surface area contributed by atoms with Crippen LogP contribution in [0.3, 0.4) is 0 Å². The Kier molecular flexibility index (Phi) is 4.61. The third kappa shape index (κ3) is 3.30. The molecule has 24 heavy (non-hydrogen) atoms. The lowest BCUT2D eigenvalue weighted by molar-refractivity contribution is 0.101. The summed E-state index contributed by atoms with van der Waals surface area (Å²) in [5.74, 6) is 1.17. The zero-order valence-corrected chi connectivity index (χ0v) is 14.3. The molecule has 0 unspecified atom stereocenters. The standard InChI is InChI=1S/C17H16N4O2S/c1-10(22)12-5-4-6-13(9-12)19-17-18-8-7-14(20-17)15-11(2)23-21-16(15)24-3/h4-9H,1-3H3,(H,18,19,20). The molecule has 0 atom stereocenters. The number of anilines is 2. The molecule has 2 heterocycles. The largest absolute Gasteiger partial charge is 0.360 e. The molecule has 0 saturated heterocycles. The van der Waals surface area contributed by atoms with Gasteiger partial charge in [-0.05, 0) is 38.3 Å². The molecule has 3 aromatic rings. The van der Waals surface area contributed by atoms with E-state index >= 15 is 0 Å². The Balaban J connectivity index is 1.92. The predicted octanol–water partition coefficient (Wildman–Crippen LogP) is 4.11. The van der Waals surface area contributed by atoms with Crippen molar-refractivity contribution in [3.63, 3.8) is 0 Å². The first-order chi connectivity index (χ1) is 11.6. The number of aromatic nitrogens is 3. The van der Waals surface area contributed by atoms with Gasteiger partial charge in [-0.25, -0.2) is 9.97 Å². The molecule has 1 N–H and O–H groups in total. The van der Waals surface area contributed by atoms with E-state index in [1.807, 2.05) is 31.4 Å². The summed E-state index contributed by atoms with van der Waals surface area (Å²) in [7, 11) is 0. The molecule has 122 valence electrons. The molecular formula is C17H16N4O2S. The second-order valence-electron chi connectivity index (χ2n) is 5.15. The number of Topliss-reactive ketones (excluding diaryl/α,β-unsaturated/α-hetero) is 1. The van der Waals surface area contributed by atoms with Crippen LogP contribution in [-0.4, -0.2) is 27.2 Å². The maximum absolute atomic E-state index is 11.5. The van der Waals surface area contributed by atoms with Crippen LogP contribution in [0, 0.1) is 6.92 Å². The van der Waals surface area contributed by atoms with Gasteiger partial charge in [0, 0.05) is 17.4 Å². The lowest BCUT2D eigenvalue weighted by Gasteiger charge is -2.07. The van der Waals surface area contributed by atoms with Crippen molar-refractivity contribution in [3.05, 3.63) is 47.9 Å². The van der Waals surface area contributed by atoms with E-state index in [9.17, 15) is 4.79 Å². The van der Waals surface area contributed by atoms with Crippen molar-refractivity contribution in [1.82, 2.24) is 15.1 Å². The molecule has 3 rings (SSSR count). The SMILES string of the molecule is CSc1noc(C)c1-c1ccnc(Nc2cccc(C(C)=O)c2)n1. The number of hydrogen-bond donors (Lipinski definition) is 1. The van der Waals surface area contributed by atoms with Crippen LogP contribution >= 0.6 is 11.8 Å². The molecule has 0 amide bonds. The number of aryl methyl sites for hydroxylation is 1. The average Bonchev–Trinajstić information content (AvgIpc) is 2.96. The second kappa shape index (κ2) is 6.84. The Labute approximate surface area is 143 Å². The average molecular weight is 340 g/mol. The highest BCUT2D eigenvalue weighted by Gasteiger charge is 2.16. The van der Waals surface area contributed by atoms with Gasteiger partial charge in [-0.1, -0.05) is 17.3 Å². The molecule has 0 aliphatic rings. The smallest absolute Gasteiger partial charge is 0.227 e. The van der Waals surface area contributed by atoms with Crippen LogP contribution in [-0.2, 0) is 0 Å². The van der Waals surface area contributed by atoms with Gasteiger partial charge in [-0.2, -0.15) is 0 Å². The van der Waals surface area contributed by atoms with Gasteiger partial charge in [0.15, 0.2) is 5.78 Å². The molecule has 0 fully saturated rings. The lowest BCUT2D eigenvalue weighted by Crippen LogP contribution is -2.00. The number of benzene rings is 1. The van der Waals surface area contributed by atoms with Crippen molar-refractivity contribution in [3.8, 4) is 11.3 Å². The monoisotopic (exact) mass is 340 g/mol. The minimum absolute atomic E-state index is 0.0121. The van der Waals surface area contributed by atoms with Gasteiger partial charge in [-0.15, -0.1) is 11.8 Å². The van der Waals surface area contributed by atoms with E-state index in [1.54, 1.807) is 18.3 Å². The van der Waals surface area contributed by atoms with Crippen molar-refractivity contribution >= 4 is 29.2 Å². The fraction of sp³-hybridized carbons (Fsp3) is 0.176. The van der Waals surface area contributed by atoms with Crippen LogP contribution < -0.4 is 5.32 Å². The van der Waals surface area contributed by atoms with Crippen LogP contribution in [0.1, 0.15) is 23.0 Å². The third-order valence-corrected chi connectivity index (χ3v) is 4.13. The first-order valence-corrected chi connectivity index (χ1v) is 8.52. The molecule has 0 spiro atoms. The molecule has 0 bridgehead atoms. The number of carbonyl (C=O) groups excluding carboxylic acids is 1. The molecule has 1 aromatic carbocycles. The summed E-state index contributed by atoms with van der Waals surface area (Å²) in [5, 5.41) is 7.94. The summed E-state index contributed by atoms with van der Waals surface area (Å²) < 4.78 is 5.25. The normalized spacial score (nSPS) is 10.6. The summed E-state index contributed by atoms with van der Waals surface area (Å²) in [6.07, 6.45) is 3.62. The molecule has 0 aliphatic heterocycles. The van der Waals surface area contributed by atoms with Crippen LogP contribution in [0.2, 0.25) is 0 Å². The number of hydrogen-bond acceptors (Lipinski definition) is 7. The van der Waals surface area contributed by atoms with Crippen molar-refractivity contribution in [2.45, 2.75) is 18.9 Å². The quantitative estimate of drug-likeness (QED) is 0.553. The van der Waals surface area contributed by atoms with E-state index in [-0.39, 0.29) is 5.78 Å². The molecule has 0 aliphatic carbocycles. The topological polar surface area (TPSA) is 80.9 Å². The minimum atomic E-state index is 0.0121. The Bertz CT molecular complexity index is 892. The Hall–Kier alpha value is -2.67. The van der Waals surface area contributed by atoms with Gasteiger partial charge in [0.05, 0.1) is 11.3 Å². The van der Waals surface area contributed by atoms with E-state index in [1.165, 1.54) is 18.7 Å². The summed E-state index contributed by atoms with van der Waals surface area (Å²) in [5.41, 5.74) is 2.99. The Morgan fingerprint density at radius 1 is 1.29 bits per heavy atom. The van der Waals surface area contributed by atoms with Crippen molar-refractivity contribution in [2.75, 3.05) is 11.6 Å². The lowest BCUT2D eigenvalue weighted by atomic mass is 10.1. The number of nitrogens with zero attached hydrogens (tertiary/aromatic N) is 3. The fourth-order valence-corrected chi connectivity index (χ4v) is 2.85. The summed E-state index contributed by atoms with van der Waals surface area (Å²) in [4.78, 5) is 20.3. The van der Waals surface area contributed by atoms with Gasteiger partial charge in [0.25, 0.3) is 0 Å². The highest BCUT2D eigenvalue weighted by Crippen LogP contribution is 2.31. The number of carbonyl (C=O) groups is 1. The minimum Gasteiger partial charge on any atom is -0.360 e. The number of rotatable bonds is 5. The van der Waals surface area contributed by atoms with Crippen LogP contribution in [0.25, 0.3) is 11.3 Å². The highest BCUT2D eigenvalue weighted by atomic mass is 32.2. The van der Waals surface area contributed by atoms with E-state index < -0.39 is 0 Å². The Morgan fingerprint density at radius 2 is 2.12 bits per heavy atom. The second-order valence-corrected chi connectivity index (χ2v) is 5.95. The zero-order valence-electron chi connectivity index (χ0n) is 13.5. The maximum Gasteiger partial charge on any atom is 0.227 e. The summed E-state index contributed by atoms with van der Waals surface area (Å²) in [6.45, 7) is 3.39. The molecule has 7 heteroatoms. The Morgan fingerprint density at radius 3 is 2.88 bits per heavy atom. The van der Waals surface area contributed by atoms with Crippen LogP contribution in [0.15, 0.2) is 46.1 Å². The van der Waals surface area contributed by atoms with Gasteiger partial charge in [0.2, 0.25) is 5.95 Å². The first kappa shape index (κ1) is 16.2. The van der Waals surface area contributed by atoms with E-state index in [0.29, 0.717) is 17.3 Å². The summed E-state index contributed by atoms with van der Waals surface area (Å²) >= 11 is 1.50. The number of thioether (sulfide) groups is 1. The maximum atomic E-state index is 11.5. The molecule has 0 saturated carbocycles. The van der Waals surface area contributed by atoms with E-state index in [0.717, 1.165) is 22.0 Å². The van der Waals surface area contributed by atoms with E-state index in [4.69, 9.17) is 4.52 Å². The third-order valence-electron chi connectivity index (χ3n) is 3.46. The number of ketones is 1. The van der Waals surface area contributed by atoms with Crippen molar-refractivity contribution < 1.29 is 9.32 Å². The number of nitrogens with one attached hydrogen (secondary N) is 1. The molecule has 2 aromatic heterocycles. The molecular weight excluding hydrogens is 324 g/mol. The van der Waals surface area contributed by atoms with Crippen LogP contribution in [0.4, 0.5) is 11.6 Å². The predicted molar refractivity (Wildman–Crippen MR) is 93.8 cm³/mol. The molecule has 6 nitrogen and oxygen atoms in total. The van der Waals surface area contributed by atoms with Gasteiger partial charge in [0.1, 0.15) is 10.8 Å². The van der Waals surface area contributed by atoms with Gasteiger partial charge in [-0.3, -0.25) is 4.79 Å². The molecule has 0 radical (unpaired) electrons. The van der Waals surface area contributed by atoms with Crippen LogP contribution in [0.5, 0.6) is 0 Å². The highest BCUT2D eigenvalue weighted by molar-refractivity contribution is 7.98. The zero-order chi connectivity index (χ0) is 17.1. The van der Waals surface area contributed by atoms with Gasteiger partial charge < -0.3 is 9.84 Å². The van der Waals surface area contributed by atoms with Crippen molar-refractivity contribution in [2.24, 2.45) is 0 Å². The fourth-order valence-electron chi connectivity index (χ4n) is 2.28. The van der Waals surface area contributed by atoms with Crippen molar-refractivity contribution in [1.29, 1.82) is 0 Å². The first-order valence-electron chi connectivity index (χ1n) is 7.30. The van der Waals surface area contributed by atoms with E-state index in [2.05, 4.69) is 20.4 Å². The summed E-state index contributed by atoms with van der Waals surface area (Å²) in [6, 6.07) is 9.04.